The van der Waals surface area contributed by atoms with Gasteiger partial charge in [-0.15, -0.1) is 0 Å². The first-order valence-electron chi connectivity index (χ1n) is 6.83. The molecule has 2 aromatic rings. The highest BCUT2D eigenvalue weighted by atomic mass is 35.5. The zero-order valence-corrected chi connectivity index (χ0v) is 14.0. The maximum Gasteiger partial charge on any atom is 0.225 e. The zero-order chi connectivity index (χ0) is 16.9. The van der Waals surface area contributed by atoms with Gasteiger partial charge in [-0.3, -0.25) is 4.79 Å². The van der Waals surface area contributed by atoms with E-state index in [1.54, 1.807) is 36.4 Å². The molecule has 0 unspecified atom stereocenters. The summed E-state index contributed by atoms with van der Waals surface area (Å²) in [4.78, 5) is 12.0. The number of halogens is 1. The molecular weight excluding hydrogens is 338 g/mol. The topological polar surface area (TPSA) is 72.5 Å². The van der Waals surface area contributed by atoms with Gasteiger partial charge in [0, 0.05) is 23.2 Å². The number of amides is 1. The largest absolute Gasteiger partial charge is 0.497 e. The Kier molecular flexibility index (Phi) is 5.63. The van der Waals surface area contributed by atoms with E-state index in [1.165, 1.54) is 19.2 Å². The fourth-order valence-electron chi connectivity index (χ4n) is 1.93. The van der Waals surface area contributed by atoms with Gasteiger partial charge in [0.2, 0.25) is 5.91 Å². The van der Waals surface area contributed by atoms with E-state index in [0.29, 0.717) is 16.5 Å². The normalized spacial score (nSPS) is 11.0. The highest BCUT2D eigenvalue weighted by molar-refractivity contribution is 7.91. The van der Waals surface area contributed by atoms with Crippen LogP contribution in [0.2, 0.25) is 5.02 Å². The number of nitrogens with one attached hydrogen (secondary N) is 1. The molecule has 0 aliphatic carbocycles. The van der Waals surface area contributed by atoms with Gasteiger partial charge in [-0.25, -0.2) is 8.42 Å². The summed E-state index contributed by atoms with van der Waals surface area (Å²) in [6.07, 6.45) is -0.147. The lowest BCUT2D eigenvalue weighted by molar-refractivity contribution is -0.115. The molecule has 5 nitrogen and oxygen atoms in total. The number of sulfone groups is 1. The predicted molar refractivity (Wildman–Crippen MR) is 89.7 cm³/mol. The van der Waals surface area contributed by atoms with Crippen molar-refractivity contribution < 1.29 is 17.9 Å². The molecule has 1 amide bonds. The molecule has 0 saturated carbocycles. The maximum atomic E-state index is 12.2. The first kappa shape index (κ1) is 17.3. The Morgan fingerprint density at radius 3 is 2.61 bits per heavy atom. The zero-order valence-electron chi connectivity index (χ0n) is 12.5. The summed E-state index contributed by atoms with van der Waals surface area (Å²) in [7, 11) is -2.03. The van der Waals surface area contributed by atoms with Gasteiger partial charge in [0.25, 0.3) is 0 Å². The average Bonchev–Trinajstić information content (AvgIpc) is 2.53. The molecule has 2 aromatic carbocycles. The third kappa shape index (κ3) is 4.97. The molecule has 23 heavy (non-hydrogen) atoms. The van der Waals surface area contributed by atoms with Crippen molar-refractivity contribution in [3.05, 3.63) is 53.6 Å². The third-order valence-electron chi connectivity index (χ3n) is 3.11. The first-order valence-corrected chi connectivity index (χ1v) is 8.86. The molecule has 1 N–H and O–H groups in total. The standard InChI is InChI=1S/C16H16ClNO4S/c1-22-14-6-3-5-13(11-14)18-16(19)8-9-23(20,21)15-7-2-4-12(17)10-15/h2-7,10-11H,8-9H2,1H3,(H,18,19). The van der Waals surface area contributed by atoms with Crippen molar-refractivity contribution in [3.8, 4) is 5.75 Å². The Morgan fingerprint density at radius 2 is 1.91 bits per heavy atom. The van der Waals surface area contributed by atoms with Gasteiger partial charge in [0.05, 0.1) is 17.8 Å². The second kappa shape index (κ2) is 7.48. The number of hydrogen-bond acceptors (Lipinski definition) is 4. The Balaban J connectivity index is 1.98. The number of methoxy groups -OCH3 is 1. The van der Waals surface area contributed by atoms with E-state index in [-0.39, 0.29) is 23.0 Å². The maximum absolute atomic E-state index is 12.2. The fourth-order valence-corrected chi connectivity index (χ4v) is 3.47. The Morgan fingerprint density at radius 1 is 1.17 bits per heavy atom. The van der Waals surface area contributed by atoms with Gasteiger partial charge in [0.15, 0.2) is 9.84 Å². The van der Waals surface area contributed by atoms with Gasteiger partial charge in [-0.1, -0.05) is 23.7 Å². The monoisotopic (exact) mass is 353 g/mol. The summed E-state index contributed by atoms with van der Waals surface area (Å²) < 4.78 is 29.4. The van der Waals surface area contributed by atoms with Gasteiger partial charge < -0.3 is 10.1 Å². The number of benzene rings is 2. The summed E-state index contributed by atoms with van der Waals surface area (Å²) in [6.45, 7) is 0. The smallest absolute Gasteiger partial charge is 0.225 e. The number of carbonyl (C=O) groups excluding carboxylic acids is 1. The van der Waals surface area contributed by atoms with Crippen LogP contribution in [0.4, 0.5) is 5.69 Å². The molecule has 0 atom stereocenters. The molecule has 0 aliphatic rings. The predicted octanol–water partition coefficient (Wildman–Crippen LogP) is 3.15. The third-order valence-corrected chi connectivity index (χ3v) is 5.06. The first-order chi connectivity index (χ1) is 10.9. The lowest BCUT2D eigenvalue weighted by atomic mass is 10.3. The van der Waals surface area contributed by atoms with Crippen molar-refractivity contribution >= 4 is 33.0 Å². The molecule has 0 fully saturated rings. The van der Waals surface area contributed by atoms with E-state index in [0.717, 1.165) is 0 Å². The second-order valence-corrected chi connectivity index (χ2v) is 7.35. The molecule has 0 aliphatic heterocycles. The van der Waals surface area contributed by atoms with Crippen LogP contribution in [-0.2, 0) is 14.6 Å². The van der Waals surface area contributed by atoms with Crippen LogP contribution in [0.15, 0.2) is 53.4 Å². The van der Waals surface area contributed by atoms with Crippen LogP contribution in [0.1, 0.15) is 6.42 Å². The molecule has 0 bridgehead atoms. The Bertz CT molecular complexity index is 805. The van der Waals surface area contributed by atoms with E-state index in [9.17, 15) is 13.2 Å². The van der Waals surface area contributed by atoms with Gasteiger partial charge in [0.1, 0.15) is 5.75 Å². The number of hydrogen-bond donors (Lipinski definition) is 1. The summed E-state index contributed by atoms with van der Waals surface area (Å²) in [5.74, 6) is -0.0680. The highest BCUT2D eigenvalue weighted by Crippen LogP contribution is 2.19. The molecule has 0 radical (unpaired) electrons. The van der Waals surface area contributed by atoms with Crippen molar-refractivity contribution in [1.29, 1.82) is 0 Å². The summed E-state index contributed by atoms with van der Waals surface area (Å²) in [6, 6.07) is 12.8. The minimum Gasteiger partial charge on any atom is -0.497 e. The minimum atomic E-state index is -3.55. The number of rotatable bonds is 6. The molecule has 122 valence electrons. The van der Waals surface area contributed by atoms with Crippen LogP contribution in [0.5, 0.6) is 5.75 Å². The quantitative estimate of drug-likeness (QED) is 0.865. The van der Waals surface area contributed by atoms with Crippen LogP contribution in [-0.4, -0.2) is 27.2 Å². The highest BCUT2D eigenvalue weighted by Gasteiger charge is 2.17. The Labute approximate surface area is 140 Å². The van der Waals surface area contributed by atoms with E-state index in [2.05, 4.69) is 5.32 Å². The lowest BCUT2D eigenvalue weighted by Gasteiger charge is -2.08. The van der Waals surface area contributed by atoms with Crippen molar-refractivity contribution in [3.63, 3.8) is 0 Å². The van der Waals surface area contributed by atoms with Crippen LogP contribution in [0, 0.1) is 0 Å². The van der Waals surface area contributed by atoms with Crippen LogP contribution < -0.4 is 10.1 Å². The lowest BCUT2D eigenvalue weighted by Crippen LogP contribution is -2.17. The molecule has 0 spiro atoms. The number of ether oxygens (including phenoxy) is 1. The number of carbonyl (C=O) groups is 1. The van der Waals surface area contributed by atoms with Crippen LogP contribution in [0.25, 0.3) is 0 Å². The minimum absolute atomic E-state index is 0.110. The van der Waals surface area contributed by atoms with Gasteiger partial charge >= 0.3 is 0 Å². The summed E-state index contributed by atoms with van der Waals surface area (Å²) in [5, 5.41) is 2.98. The van der Waals surface area contributed by atoms with Crippen LogP contribution in [0.3, 0.4) is 0 Å². The van der Waals surface area contributed by atoms with E-state index in [4.69, 9.17) is 16.3 Å². The molecule has 2 rings (SSSR count). The molecule has 7 heteroatoms. The van der Waals surface area contributed by atoms with Crippen molar-refractivity contribution in [2.45, 2.75) is 11.3 Å². The summed E-state index contributed by atoms with van der Waals surface area (Å²) >= 11 is 5.79. The van der Waals surface area contributed by atoms with E-state index in [1.807, 2.05) is 0 Å². The Hall–Kier alpha value is -2.05. The van der Waals surface area contributed by atoms with E-state index < -0.39 is 9.84 Å². The van der Waals surface area contributed by atoms with Crippen LogP contribution >= 0.6 is 11.6 Å². The van der Waals surface area contributed by atoms with Gasteiger partial charge in [-0.2, -0.15) is 0 Å². The fraction of sp³-hybridized carbons (Fsp3) is 0.188. The number of anilines is 1. The average molecular weight is 354 g/mol. The molecular formula is C16H16ClNO4S. The van der Waals surface area contributed by atoms with Crippen molar-refractivity contribution in [1.82, 2.24) is 0 Å². The van der Waals surface area contributed by atoms with Crippen molar-refractivity contribution in [2.75, 3.05) is 18.2 Å². The van der Waals surface area contributed by atoms with Gasteiger partial charge in [-0.05, 0) is 30.3 Å². The van der Waals surface area contributed by atoms with E-state index >= 15 is 0 Å². The van der Waals surface area contributed by atoms with Crippen molar-refractivity contribution in [2.24, 2.45) is 0 Å². The summed E-state index contributed by atoms with van der Waals surface area (Å²) in [5.41, 5.74) is 0.550. The molecule has 0 saturated heterocycles. The second-order valence-electron chi connectivity index (χ2n) is 4.81. The molecule has 0 heterocycles. The SMILES string of the molecule is COc1cccc(NC(=O)CCS(=O)(=O)c2cccc(Cl)c2)c1. The molecule has 0 aromatic heterocycles.